The number of amides is 1. The number of carbonyl (C=O) groups is 1. The van der Waals surface area contributed by atoms with E-state index >= 15 is 0 Å². The van der Waals surface area contributed by atoms with Crippen LogP contribution >= 0.6 is 54.8 Å². The van der Waals surface area contributed by atoms with E-state index in [2.05, 4.69) is 48.2 Å². The first-order valence-corrected chi connectivity index (χ1v) is 13.4. The number of halogens is 3. The lowest BCUT2D eigenvalue weighted by molar-refractivity contribution is 0.102. The second kappa shape index (κ2) is 10.5. The van der Waals surface area contributed by atoms with Crippen LogP contribution in [0.15, 0.2) is 100 Å². The van der Waals surface area contributed by atoms with Gasteiger partial charge < -0.3 is 4.74 Å². The Balaban J connectivity index is 1.43. The number of nitrogens with one attached hydrogen (secondary N) is 1. The van der Waals surface area contributed by atoms with Crippen LogP contribution in [0.4, 0.5) is 5.13 Å². The summed E-state index contributed by atoms with van der Waals surface area (Å²) in [6.07, 6.45) is 1.32. The topological polar surface area (TPSA) is 51.2 Å². The maximum atomic E-state index is 12.6. The number of ether oxygens (including phenoxy) is 1. The fraction of sp³-hybridized carbons (Fsp3) is 0.0370. The van der Waals surface area contributed by atoms with E-state index in [0.717, 1.165) is 35.9 Å². The molecule has 35 heavy (non-hydrogen) atoms. The van der Waals surface area contributed by atoms with Gasteiger partial charge in [0, 0.05) is 25.7 Å². The summed E-state index contributed by atoms with van der Waals surface area (Å²) in [5.41, 5.74) is 1.48. The quantitative estimate of drug-likeness (QED) is 0.204. The zero-order valence-corrected chi connectivity index (χ0v) is 22.8. The summed E-state index contributed by atoms with van der Waals surface area (Å²) in [6, 6.07) is 26.8. The highest BCUT2D eigenvalue weighted by Gasteiger charge is 2.21. The lowest BCUT2D eigenvalue weighted by Gasteiger charge is -2.19. The number of hydrogen-bond donors (Lipinski definition) is 1. The number of aromatic nitrogens is 1. The number of thiazole rings is 1. The summed E-state index contributed by atoms with van der Waals surface area (Å²) in [5.74, 6) is 0.511. The molecule has 8 heteroatoms. The number of hydrogen-bond acceptors (Lipinski definition) is 4. The van der Waals surface area contributed by atoms with Gasteiger partial charge in [-0.05, 0) is 77.0 Å². The predicted molar refractivity (Wildman–Crippen MR) is 150 cm³/mol. The van der Waals surface area contributed by atoms with Crippen LogP contribution in [0.2, 0.25) is 5.02 Å². The lowest BCUT2D eigenvalue weighted by Crippen LogP contribution is -2.11. The highest BCUT2D eigenvalue weighted by molar-refractivity contribution is 9.10. The highest BCUT2D eigenvalue weighted by Crippen LogP contribution is 2.35. The van der Waals surface area contributed by atoms with Crippen LogP contribution in [0.5, 0.6) is 5.75 Å². The highest BCUT2D eigenvalue weighted by atomic mass is 79.9. The molecule has 1 heterocycles. The second-order valence-corrected chi connectivity index (χ2v) is 11.1. The van der Waals surface area contributed by atoms with Crippen molar-refractivity contribution in [2.24, 2.45) is 0 Å². The van der Waals surface area contributed by atoms with Gasteiger partial charge in [-0.1, -0.05) is 79.1 Å². The predicted octanol–water partition coefficient (Wildman–Crippen LogP) is 8.90. The molecule has 4 nitrogen and oxygen atoms in total. The SMILES string of the molecule is O=C(Nc1ncc(C(Oc2ccc3cc(Br)ccc3c2)c2ccc(Cl)cc2)s1)c1ccc(Br)cc1. The zero-order valence-electron chi connectivity index (χ0n) is 18.0. The molecule has 1 unspecified atom stereocenters. The first kappa shape index (κ1) is 24.0. The van der Waals surface area contributed by atoms with Crippen LogP contribution < -0.4 is 10.1 Å². The molecule has 1 N–H and O–H groups in total. The Bertz CT molecular complexity index is 1500. The van der Waals surface area contributed by atoms with Gasteiger partial charge in [0.2, 0.25) is 0 Å². The Morgan fingerprint density at radius 2 is 1.57 bits per heavy atom. The Kier molecular flexibility index (Phi) is 7.20. The summed E-state index contributed by atoms with van der Waals surface area (Å²) in [7, 11) is 0. The molecule has 4 aromatic carbocycles. The van der Waals surface area contributed by atoms with Gasteiger partial charge in [-0.15, -0.1) is 0 Å². The molecule has 0 saturated heterocycles. The molecule has 0 bridgehead atoms. The summed E-state index contributed by atoms with van der Waals surface area (Å²) in [4.78, 5) is 17.9. The number of benzene rings is 4. The molecule has 0 radical (unpaired) electrons. The van der Waals surface area contributed by atoms with Crippen molar-refractivity contribution in [2.75, 3.05) is 5.32 Å². The van der Waals surface area contributed by atoms with Crippen molar-refractivity contribution in [1.82, 2.24) is 4.98 Å². The Hall–Kier alpha value is -2.71. The fourth-order valence-electron chi connectivity index (χ4n) is 3.57. The molecule has 1 amide bonds. The third-order valence-corrected chi connectivity index (χ3v) is 7.54. The minimum absolute atomic E-state index is 0.219. The molecule has 1 atom stereocenters. The summed E-state index contributed by atoms with van der Waals surface area (Å²) < 4.78 is 8.42. The second-order valence-electron chi connectivity index (χ2n) is 7.73. The first-order valence-electron chi connectivity index (χ1n) is 10.6. The fourth-order valence-corrected chi connectivity index (χ4v) is 5.21. The van der Waals surface area contributed by atoms with Crippen molar-refractivity contribution in [1.29, 1.82) is 0 Å². The van der Waals surface area contributed by atoms with Gasteiger partial charge in [0.15, 0.2) is 11.2 Å². The van der Waals surface area contributed by atoms with E-state index in [1.54, 1.807) is 18.3 Å². The van der Waals surface area contributed by atoms with Gasteiger partial charge in [0.05, 0.1) is 4.88 Å². The molecule has 0 spiro atoms. The van der Waals surface area contributed by atoms with E-state index in [-0.39, 0.29) is 5.91 Å². The van der Waals surface area contributed by atoms with Crippen LogP contribution in [0, 0.1) is 0 Å². The third-order valence-electron chi connectivity index (χ3n) is 5.31. The summed E-state index contributed by atoms with van der Waals surface area (Å²) >= 11 is 14.4. The number of fused-ring (bicyclic) bond motifs is 1. The molecule has 5 rings (SSSR count). The monoisotopic (exact) mass is 626 g/mol. The van der Waals surface area contributed by atoms with E-state index in [0.29, 0.717) is 15.7 Å². The summed E-state index contributed by atoms with van der Waals surface area (Å²) in [5, 5.41) is 6.22. The molecule has 0 fully saturated rings. The van der Waals surface area contributed by atoms with E-state index < -0.39 is 6.10 Å². The van der Waals surface area contributed by atoms with Crippen molar-refractivity contribution in [3.63, 3.8) is 0 Å². The maximum absolute atomic E-state index is 12.6. The van der Waals surface area contributed by atoms with Gasteiger partial charge in [-0.25, -0.2) is 4.98 Å². The molecule has 0 saturated carbocycles. The Morgan fingerprint density at radius 1 is 0.886 bits per heavy atom. The van der Waals surface area contributed by atoms with E-state index in [1.165, 1.54) is 11.3 Å². The van der Waals surface area contributed by atoms with Crippen LogP contribution in [-0.4, -0.2) is 10.9 Å². The average Bonchev–Trinajstić information content (AvgIpc) is 3.31. The van der Waals surface area contributed by atoms with E-state index in [1.807, 2.05) is 66.7 Å². The standard InChI is InChI=1S/C27H17Br2ClN2O2S/c28-20-7-1-17(2-8-20)26(33)32-27-31-15-24(35-27)25(16-4-10-22(30)11-5-16)34-23-12-6-18-13-21(29)9-3-19(18)14-23/h1-15,25H,(H,31,32,33). The molecular weight excluding hydrogens is 612 g/mol. The molecule has 0 aliphatic rings. The van der Waals surface area contributed by atoms with Crippen molar-refractivity contribution in [2.45, 2.75) is 6.10 Å². The Labute approximate surface area is 228 Å². The number of carbonyl (C=O) groups excluding carboxylic acids is 1. The smallest absolute Gasteiger partial charge is 0.257 e. The van der Waals surface area contributed by atoms with Gasteiger partial charge in [0.25, 0.3) is 5.91 Å². The van der Waals surface area contributed by atoms with Gasteiger partial charge in [-0.2, -0.15) is 0 Å². The molecule has 174 valence electrons. The van der Waals surface area contributed by atoms with Crippen molar-refractivity contribution >= 4 is 76.6 Å². The van der Waals surface area contributed by atoms with Crippen LogP contribution in [0.1, 0.15) is 26.9 Å². The van der Waals surface area contributed by atoms with Crippen LogP contribution in [0.25, 0.3) is 10.8 Å². The van der Waals surface area contributed by atoms with Crippen molar-refractivity contribution in [3.8, 4) is 5.75 Å². The molecular formula is C27H17Br2ClN2O2S. The molecule has 5 aromatic rings. The van der Waals surface area contributed by atoms with Crippen molar-refractivity contribution in [3.05, 3.63) is 121 Å². The van der Waals surface area contributed by atoms with Crippen LogP contribution in [-0.2, 0) is 0 Å². The minimum atomic E-state index is -0.420. The minimum Gasteiger partial charge on any atom is -0.480 e. The van der Waals surface area contributed by atoms with Crippen molar-refractivity contribution < 1.29 is 9.53 Å². The number of anilines is 1. The zero-order chi connectivity index (χ0) is 24.4. The lowest BCUT2D eigenvalue weighted by atomic mass is 10.1. The maximum Gasteiger partial charge on any atom is 0.257 e. The number of rotatable bonds is 6. The normalized spacial score (nSPS) is 11.9. The number of nitrogens with zero attached hydrogens (tertiary/aromatic N) is 1. The largest absolute Gasteiger partial charge is 0.480 e. The van der Waals surface area contributed by atoms with Gasteiger partial charge >= 0.3 is 0 Å². The molecule has 0 aliphatic carbocycles. The first-order chi connectivity index (χ1) is 16.9. The van der Waals surface area contributed by atoms with Gasteiger partial charge in [0.1, 0.15) is 5.75 Å². The Morgan fingerprint density at radius 3 is 2.34 bits per heavy atom. The third kappa shape index (κ3) is 5.76. The van der Waals surface area contributed by atoms with E-state index in [9.17, 15) is 4.79 Å². The van der Waals surface area contributed by atoms with E-state index in [4.69, 9.17) is 16.3 Å². The summed E-state index contributed by atoms with van der Waals surface area (Å²) in [6.45, 7) is 0. The van der Waals surface area contributed by atoms with Crippen LogP contribution in [0.3, 0.4) is 0 Å². The molecule has 0 aliphatic heterocycles. The average molecular weight is 629 g/mol. The van der Waals surface area contributed by atoms with Gasteiger partial charge in [-0.3, -0.25) is 10.1 Å². The molecule has 1 aromatic heterocycles.